The lowest BCUT2D eigenvalue weighted by atomic mass is 10.0. The third kappa shape index (κ3) is 4.09. The molecule has 4 heterocycles. The maximum absolute atomic E-state index is 12.0. The Labute approximate surface area is 168 Å². The molecule has 2 N–H and O–H groups in total. The van der Waals surface area contributed by atoms with Crippen LogP contribution in [0.5, 0.6) is 0 Å². The normalized spacial score (nSPS) is 13.9. The monoisotopic (exact) mass is 389 g/mol. The van der Waals surface area contributed by atoms with Crippen molar-refractivity contribution in [1.29, 1.82) is 0 Å². The number of carbonyl (C=O) groups is 1. The van der Waals surface area contributed by atoms with Gasteiger partial charge in [0.2, 0.25) is 0 Å². The highest BCUT2D eigenvalue weighted by Crippen LogP contribution is 2.21. The van der Waals surface area contributed by atoms with Crippen LogP contribution in [-0.4, -0.2) is 45.9 Å². The first-order valence-corrected chi connectivity index (χ1v) is 9.66. The van der Waals surface area contributed by atoms with Crippen molar-refractivity contribution in [2.45, 2.75) is 19.9 Å². The maximum Gasteiger partial charge on any atom is 0.269 e. The SMILES string of the molecule is CCc1cc2ncc(CN3CC(=Cc4ccc(C(=O)NC)nc4)C3)cc2[nH]c1=O. The molecule has 7 heteroatoms. The summed E-state index contributed by atoms with van der Waals surface area (Å²) in [4.78, 5) is 37.5. The number of rotatable bonds is 5. The highest BCUT2D eigenvalue weighted by molar-refractivity contribution is 5.92. The smallest absolute Gasteiger partial charge is 0.269 e. The van der Waals surface area contributed by atoms with Gasteiger partial charge < -0.3 is 10.3 Å². The molecule has 1 aliphatic heterocycles. The number of nitrogens with zero attached hydrogens (tertiary/aromatic N) is 3. The largest absolute Gasteiger partial charge is 0.354 e. The van der Waals surface area contributed by atoms with Crippen molar-refractivity contribution in [2.75, 3.05) is 20.1 Å². The topological polar surface area (TPSA) is 91.0 Å². The molecular weight excluding hydrogens is 366 g/mol. The summed E-state index contributed by atoms with van der Waals surface area (Å²) in [5.74, 6) is -0.185. The Morgan fingerprint density at radius 3 is 2.76 bits per heavy atom. The fourth-order valence-electron chi connectivity index (χ4n) is 3.49. The van der Waals surface area contributed by atoms with Gasteiger partial charge in [-0.1, -0.05) is 19.1 Å². The lowest BCUT2D eigenvalue weighted by molar-refractivity contribution is 0.0958. The third-order valence-corrected chi connectivity index (χ3v) is 5.08. The summed E-state index contributed by atoms with van der Waals surface area (Å²) in [5.41, 5.74) is 6.12. The molecule has 0 atom stereocenters. The van der Waals surface area contributed by atoms with Crippen LogP contribution in [0.1, 0.15) is 34.1 Å². The number of aromatic amines is 1. The van der Waals surface area contributed by atoms with Crippen LogP contribution in [-0.2, 0) is 13.0 Å². The molecule has 1 aliphatic rings. The highest BCUT2D eigenvalue weighted by atomic mass is 16.1. The van der Waals surface area contributed by atoms with E-state index < -0.39 is 0 Å². The Balaban J connectivity index is 1.39. The summed E-state index contributed by atoms with van der Waals surface area (Å²) in [6.07, 6.45) is 6.40. The van der Waals surface area contributed by atoms with Gasteiger partial charge in [0.25, 0.3) is 11.5 Å². The fourth-order valence-corrected chi connectivity index (χ4v) is 3.49. The minimum absolute atomic E-state index is 0.0378. The van der Waals surface area contributed by atoms with E-state index in [0.717, 1.165) is 47.4 Å². The molecule has 1 amide bonds. The molecule has 0 bridgehead atoms. The minimum atomic E-state index is -0.185. The third-order valence-electron chi connectivity index (χ3n) is 5.08. The second kappa shape index (κ2) is 7.97. The van der Waals surface area contributed by atoms with Crippen LogP contribution in [0.15, 0.2) is 47.0 Å². The molecule has 148 valence electrons. The quantitative estimate of drug-likeness (QED) is 0.698. The predicted octanol–water partition coefficient (Wildman–Crippen LogP) is 2.14. The fraction of sp³-hybridized carbons (Fsp3) is 0.273. The van der Waals surface area contributed by atoms with Crippen LogP contribution in [0.3, 0.4) is 0 Å². The number of aromatic nitrogens is 3. The van der Waals surface area contributed by atoms with Crippen molar-refractivity contribution in [3.63, 3.8) is 0 Å². The molecule has 3 aromatic rings. The number of nitrogens with one attached hydrogen (secondary N) is 2. The zero-order valence-electron chi connectivity index (χ0n) is 16.5. The number of H-pyrrole nitrogens is 1. The first-order valence-electron chi connectivity index (χ1n) is 9.66. The van der Waals surface area contributed by atoms with E-state index in [1.54, 1.807) is 19.3 Å². The molecule has 0 radical (unpaired) electrons. The molecular formula is C22H23N5O2. The molecule has 0 aliphatic carbocycles. The number of hydrogen-bond acceptors (Lipinski definition) is 5. The van der Waals surface area contributed by atoms with Gasteiger partial charge in [0, 0.05) is 44.6 Å². The van der Waals surface area contributed by atoms with Crippen molar-refractivity contribution in [3.05, 3.63) is 75.0 Å². The number of carbonyl (C=O) groups excluding carboxylic acids is 1. The van der Waals surface area contributed by atoms with E-state index in [4.69, 9.17) is 0 Å². The molecule has 3 aromatic heterocycles. The molecule has 0 aromatic carbocycles. The summed E-state index contributed by atoms with van der Waals surface area (Å²) in [6, 6.07) is 7.51. The molecule has 29 heavy (non-hydrogen) atoms. The van der Waals surface area contributed by atoms with Gasteiger partial charge in [-0.15, -0.1) is 0 Å². The van der Waals surface area contributed by atoms with Gasteiger partial charge in [-0.25, -0.2) is 0 Å². The van der Waals surface area contributed by atoms with E-state index in [0.29, 0.717) is 12.1 Å². The number of aryl methyl sites for hydroxylation is 1. The average Bonchev–Trinajstić information content (AvgIpc) is 2.71. The summed E-state index contributed by atoms with van der Waals surface area (Å²) < 4.78 is 0. The maximum atomic E-state index is 12.0. The van der Waals surface area contributed by atoms with Crippen LogP contribution in [0.25, 0.3) is 17.1 Å². The Bertz CT molecular complexity index is 1140. The second-order valence-corrected chi connectivity index (χ2v) is 7.26. The van der Waals surface area contributed by atoms with Gasteiger partial charge in [0.1, 0.15) is 5.69 Å². The molecule has 0 spiro atoms. The molecule has 0 saturated carbocycles. The Morgan fingerprint density at radius 1 is 1.24 bits per heavy atom. The van der Waals surface area contributed by atoms with Crippen LogP contribution < -0.4 is 10.9 Å². The van der Waals surface area contributed by atoms with Crippen molar-refractivity contribution in [3.8, 4) is 0 Å². The van der Waals surface area contributed by atoms with Gasteiger partial charge in [-0.3, -0.25) is 24.5 Å². The zero-order chi connectivity index (χ0) is 20.4. The summed E-state index contributed by atoms with van der Waals surface area (Å²) in [7, 11) is 1.59. The van der Waals surface area contributed by atoms with E-state index in [1.807, 2.05) is 31.3 Å². The Kier molecular flexibility index (Phi) is 5.22. The van der Waals surface area contributed by atoms with Crippen LogP contribution in [0.4, 0.5) is 0 Å². The van der Waals surface area contributed by atoms with E-state index >= 15 is 0 Å². The van der Waals surface area contributed by atoms with Gasteiger partial charge in [-0.2, -0.15) is 0 Å². The minimum Gasteiger partial charge on any atom is -0.354 e. The predicted molar refractivity (Wildman–Crippen MR) is 113 cm³/mol. The summed E-state index contributed by atoms with van der Waals surface area (Å²) in [6.45, 7) is 4.50. The van der Waals surface area contributed by atoms with Crippen molar-refractivity contribution in [2.24, 2.45) is 0 Å². The number of amides is 1. The lowest BCUT2D eigenvalue weighted by Crippen LogP contribution is -2.39. The first-order chi connectivity index (χ1) is 14.1. The summed E-state index contributed by atoms with van der Waals surface area (Å²) >= 11 is 0. The molecule has 1 saturated heterocycles. The molecule has 7 nitrogen and oxygen atoms in total. The number of likely N-dealkylation sites (tertiary alicyclic amines) is 1. The van der Waals surface area contributed by atoms with Crippen LogP contribution in [0, 0.1) is 0 Å². The van der Waals surface area contributed by atoms with Gasteiger partial charge in [0.15, 0.2) is 0 Å². The molecule has 0 unspecified atom stereocenters. The second-order valence-electron chi connectivity index (χ2n) is 7.26. The van der Waals surface area contributed by atoms with E-state index in [9.17, 15) is 9.59 Å². The van der Waals surface area contributed by atoms with Gasteiger partial charge in [0.05, 0.1) is 11.0 Å². The summed E-state index contributed by atoms with van der Waals surface area (Å²) in [5, 5.41) is 2.56. The van der Waals surface area contributed by atoms with E-state index in [-0.39, 0.29) is 11.5 Å². The lowest BCUT2D eigenvalue weighted by Gasteiger charge is -2.34. The average molecular weight is 389 g/mol. The number of fused-ring (bicyclic) bond motifs is 1. The number of pyridine rings is 3. The van der Waals surface area contributed by atoms with Crippen molar-refractivity contribution >= 4 is 23.0 Å². The standard InChI is InChI=1S/C22H23N5O2/c1-3-17-8-19-20(26-21(17)28)7-15(10-25-19)11-27-12-16(13-27)6-14-4-5-18(24-9-14)22(29)23-2/h4-10H,3,11-13H2,1-2H3,(H,23,29)(H,26,28). The Morgan fingerprint density at radius 2 is 2.07 bits per heavy atom. The highest BCUT2D eigenvalue weighted by Gasteiger charge is 2.20. The first kappa shape index (κ1) is 19.0. The van der Waals surface area contributed by atoms with Gasteiger partial charge >= 0.3 is 0 Å². The van der Waals surface area contributed by atoms with Crippen molar-refractivity contribution in [1.82, 2.24) is 25.2 Å². The zero-order valence-corrected chi connectivity index (χ0v) is 16.5. The van der Waals surface area contributed by atoms with Gasteiger partial charge in [-0.05, 0) is 41.3 Å². The van der Waals surface area contributed by atoms with Crippen LogP contribution >= 0.6 is 0 Å². The van der Waals surface area contributed by atoms with E-state index in [1.165, 1.54) is 5.57 Å². The van der Waals surface area contributed by atoms with Crippen molar-refractivity contribution < 1.29 is 4.79 Å². The molecule has 4 rings (SSSR count). The Hall–Kier alpha value is -3.32. The number of hydrogen-bond donors (Lipinski definition) is 2. The van der Waals surface area contributed by atoms with E-state index in [2.05, 4.69) is 31.2 Å². The van der Waals surface area contributed by atoms with Crippen LogP contribution in [0.2, 0.25) is 0 Å². The molecule has 1 fully saturated rings.